The summed E-state index contributed by atoms with van der Waals surface area (Å²) in [6.45, 7) is 1.35. The molecule has 2 aliphatic heterocycles. The molecule has 0 spiro atoms. The summed E-state index contributed by atoms with van der Waals surface area (Å²) < 4.78 is 24.2. The molecule has 0 saturated carbocycles. The van der Waals surface area contributed by atoms with E-state index in [-0.39, 0.29) is 6.04 Å². The van der Waals surface area contributed by atoms with E-state index in [1.165, 1.54) is 14.0 Å². The van der Waals surface area contributed by atoms with Crippen LogP contribution in [-0.4, -0.2) is 30.9 Å². The van der Waals surface area contributed by atoms with Gasteiger partial charge in [-0.25, -0.2) is 5.01 Å². The van der Waals surface area contributed by atoms with Crippen molar-refractivity contribution in [1.82, 2.24) is 5.01 Å². The first-order valence-corrected chi connectivity index (χ1v) is 12.5. The number of hydrazone groups is 1. The lowest BCUT2D eigenvalue weighted by molar-refractivity contribution is -0.132. The van der Waals surface area contributed by atoms with Gasteiger partial charge in [0, 0.05) is 28.9 Å². The molecule has 2 heterocycles. The topological polar surface area (TPSA) is 69.6 Å². The smallest absolute Gasteiger partial charge is 0.308 e. The molecule has 180 valence electrons. The lowest BCUT2D eigenvalue weighted by Crippen LogP contribution is -2.33. The number of fused-ring (bicyclic) bond motifs is 3. The molecular formula is C26H22Br2N2O5. The van der Waals surface area contributed by atoms with Gasteiger partial charge < -0.3 is 18.9 Å². The first-order chi connectivity index (χ1) is 16.9. The number of carbonyl (C=O) groups is 1. The van der Waals surface area contributed by atoms with Gasteiger partial charge in [0.25, 0.3) is 0 Å². The Morgan fingerprint density at radius 1 is 1.06 bits per heavy atom. The van der Waals surface area contributed by atoms with Crippen LogP contribution in [0.15, 0.2) is 68.6 Å². The standard InChI is InChI=1S/C26H22Br2N2O5/c1-14(31)34-25-20(28)10-16(11-24(25)33-3)26-30-22(19-12-17(27)6-9-23(19)35-26)13-21(29-30)15-4-7-18(32-2)8-5-15/h4-12,22,26H,13H2,1-3H3/t22-,26+/m1/s1. The molecule has 2 aliphatic rings. The Labute approximate surface area is 219 Å². The third-order valence-corrected chi connectivity index (χ3v) is 7.04. The number of esters is 1. The van der Waals surface area contributed by atoms with Crippen LogP contribution in [0, 0.1) is 0 Å². The van der Waals surface area contributed by atoms with E-state index in [1.807, 2.05) is 53.5 Å². The fourth-order valence-corrected chi connectivity index (χ4v) is 5.28. The van der Waals surface area contributed by atoms with Crippen LogP contribution in [0.3, 0.4) is 0 Å². The molecular weight excluding hydrogens is 580 g/mol. The molecule has 0 radical (unpaired) electrons. The van der Waals surface area contributed by atoms with Crippen molar-refractivity contribution < 1.29 is 23.7 Å². The second kappa shape index (κ2) is 9.54. The molecule has 0 N–H and O–H groups in total. The van der Waals surface area contributed by atoms with Crippen molar-refractivity contribution in [2.45, 2.75) is 25.6 Å². The molecule has 0 fully saturated rings. The van der Waals surface area contributed by atoms with Crippen molar-refractivity contribution in [3.63, 3.8) is 0 Å². The van der Waals surface area contributed by atoms with Crippen LogP contribution in [0.4, 0.5) is 0 Å². The highest BCUT2D eigenvalue weighted by atomic mass is 79.9. The minimum Gasteiger partial charge on any atom is -0.497 e. The number of rotatable bonds is 5. The molecule has 7 nitrogen and oxygen atoms in total. The number of methoxy groups -OCH3 is 2. The van der Waals surface area contributed by atoms with E-state index in [0.29, 0.717) is 16.0 Å². The van der Waals surface area contributed by atoms with E-state index in [9.17, 15) is 4.79 Å². The molecule has 0 aliphatic carbocycles. The Hall–Kier alpha value is -3.04. The molecule has 2 atom stereocenters. The minimum atomic E-state index is -0.513. The Balaban J connectivity index is 1.59. The highest BCUT2D eigenvalue weighted by Crippen LogP contribution is 2.50. The zero-order valence-electron chi connectivity index (χ0n) is 19.2. The van der Waals surface area contributed by atoms with E-state index in [1.54, 1.807) is 7.11 Å². The predicted octanol–water partition coefficient (Wildman–Crippen LogP) is 6.40. The van der Waals surface area contributed by atoms with Crippen molar-refractivity contribution in [2.24, 2.45) is 5.10 Å². The summed E-state index contributed by atoms with van der Waals surface area (Å²) in [4.78, 5) is 11.6. The number of halogens is 2. The van der Waals surface area contributed by atoms with Crippen LogP contribution >= 0.6 is 31.9 Å². The second-order valence-corrected chi connectivity index (χ2v) is 9.93. The Morgan fingerprint density at radius 2 is 1.83 bits per heavy atom. The molecule has 0 aromatic heterocycles. The number of benzene rings is 3. The number of hydrogen-bond acceptors (Lipinski definition) is 7. The first-order valence-electron chi connectivity index (χ1n) is 10.9. The Kier molecular flexibility index (Phi) is 6.46. The fraction of sp³-hybridized carbons (Fsp3) is 0.231. The number of ether oxygens (including phenoxy) is 4. The summed E-state index contributed by atoms with van der Waals surface area (Å²) in [7, 11) is 3.18. The van der Waals surface area contributed by atoms with E-state index in [4.69, 9.17) is 24.0 Å². The second-order valence-electron chi connectivity index (χ2n) is 8.16. The van der Waals surface area contributed by atoms with Gasteiger partial charge in [-0.15, -0.1) is 0 Å². The summed E-state index contributed by atoms with van der Waals surface area (Å²) in [6.07, 6.45) is 0.209. The highest BCUT2D eigenvalue weighted by molar-refractivity contribution is 9.10. The summed E-state index contributed by atoms with van der Waals surface area (Å²) in [5.74, 6) is 1.91. The van der Waals surface area contributed by atoms with Crippen molar-refractivity contribution in [3.05, 3.63) is 80.2 Å². The molecule has 5 rings (SSSR count). The SMILES string of the molecule is COc1ccc(C2=NN3[C@H](C2)c2cc(Br)ccc2O[C@H]3c2cc(Br)c(OC(C)=O)c(OC)c2)cc1. The van der Waals surface area contributed by atoms with E-state index >= 15 is 0 Å². The van der Waals surface area contributed by atoms with Crippen LogP contribution in [0.2, 0.25) is 0 Å². The van der Waals surface area contributed by atoms with E-state index in [0.717, 1.165) is 44.8 Å². The molecule has 3 aromatic carbocycles. The fourth-order valence-electron chi connectivity index (χ4n) is 4.36. The van der Waals surface area contributed by atoms with Crippen LogP contribution in [-0.2, 0) is 4.79 Å². The monoisotopic (exact) mass is 600 g/mol. The van der Waals surface area contributed by atoms with Crippen LogP contribution in [0.25, 0.3) is 0 Å². The maximum Gasteiger partial charge on any atom is 0.308 e. The van der Waals surface area contributed by atoms with Gasteiger partial charge in [-0.1, -0.05) is 15.9 Å². The maximum absolute atomic E-state index is 11.6. The van der Waals surface area contributed by atoms with Gasteiger partial charge in [-0.3, -0.25) is 4.79 Å². The lowest BCUT2D eigenvalue weighted by Gasteiger charge is -2.38. The van der Waals surface area contributed by atoms with Crippen molar-refractivity contribution >= 4 is 43.5 Å². The van der Waals surface area contributed by atoms with E-state index < -0.39 is 12.2 Å². The van der Waals surface area contributed by atoms with Gasteiger partial charge in [0.1, 0.15) is 11.5 Å². The zero-order valence-corrected chi connectivity index (χ0v) is 22.4. The minimum absolute atomic E-state index is 0.0173. The van der Waals surface area contributed by atoms with Gasteiger partial charge in [0.05, 0.1) is 30.4 Å². The summed E-state index contributed by atoms with van der Waals surface area (Å²) in [5, 5.41) is 6.99. The van der Waals surface area contributed by atoms with Crippen LogP contribution in [0.1, 0.15) is 42.3 Å². The third kappa shape index (κ3) is 4.50. The molecule has 0 bridgehead atoms. The number of carbonyl (C=O) groups excluding carboxylic acids is 1. The molecule has 0 unspecified atom stereocenters. The predicted molar refractivity (Wildman–Crippen MR) is 138 cm³/mol. The summed E-state index contributed by atoms with van der Waals surface area (Å²) >= 11 is 7.11. The van der Waals surface area contributed by atoms with Gasteiger partial charge in [0.15, 0.2) is 11.5 Å². The van der Waals surface area contributed by atoms with Gasteiger partial charge in [-0.2, -0.15) is 5.10 Å². The molecule has 0 amide bonds. The van der Waals surface area contributed by atoms with Crippen LogP contribution in [0.5, 0.6) is 23.0 Å². The average molecular weight is 602 g/mol. The van der Waals surface area contributed by atoms with Crippen molar-refractivity contribution in [1.29, 1.82) is 0 Å². The van der Waals surface area contributed by atoms with Crippen molar-refractivity contribution in [2.75, 3.05) is 14.2 Å². The first kappa shape index (κ1) is 23.7. The lowest BCUT2D eigenvalue weighted by atomic mass is 9.96. The quantitative estimate of drug-likeness (QED) is 0.249. The highest BCUT2D eigenvalue weighted by Gasteiger charge is 2.41. The van der Waals surface area contributed by atoms with Crippen molar-refractivity contribution in [3.8, 4) is 23.0 Å². The maximum atomic E-state index is 11.6. The number of hydrogen-bond donors (Lipinski definition) is 0. The molecule has 3 aromatic rings. The zero-order chi connectivity index (χ0) is 24.7. The molecule has 35 heavy (non-hydrogen) atoms. The van der Waals surface area contributed by atoms with Gasteiger partial charge in [0.2, 0.25) is 6.23 Å². The van der Waals surface area contributed by atoms with Crippen LogP contribution < -0.4 is 18.9 Å². The van der Waals surface area contributed by atoms with Gasteiger partial charge in [-0.05, 0) is 76.1 Å². The Morgan fingerprint density at radius 3 is 2.51 bits per heavy atom. The normalized spacial score (nSPS) is 18.2. The van der Waals surface area contributed by atoms with E-state index in [2.05, 4.69) is 37.9 Å². The third-order valence-electron chi connectivity index (χ3n) is 5.96. The summed E-state index contributed by atoms with van der Waals surface area (Å²) in [6, 6.07) is 17.6. The summed E-state index contributed by atoms with van der Waals surface area (Å²) in [5.41, 5.74) is 3.86. The average Bonchev–Trinajstić information content (AvgIpc) is 3.30. The van der Waals surface area contributed by atoms with Gasteiger partial charge >= 0.3 is 5.97 Å². The number of nitrogens with zero attached hydrogens (tertiary/aromatic N) is 2. The largest absolute Gasteiger partial charge is 0.497 e. The molecule has 0 saturated heterocycles. The Bertz CT molecular complexity index is 1330. The molecule has 9 heteroatoms.